The third-order valence-electron chi connectivity index (χ3n) is 5.72. The van der Waals surface area contributed by atoms with Gasteiger partial charge in [0, 0.05) is 29.1 Å². The number of nitrogens with two attached hydrogens (primary N) is 3. The molecule has 1 aromatic carbocycles. The van der Waals surface area contributed by atoms with Crippen molar-refractivity contribution in [3.05, 3.63) is 47.3 Å². The van der Waals surface area contributed by atoms with Crippen LogP contribution in [0.2, 0.25) is 0 Å². The Bertz CT molecular complexity index is 1210. The summed E-state index contributed by atoms with van der Waals surface area (Å²) in [6, 6.07) is 5.27. The molecule has 6 N–H and O–H groups in total. The SMILES string of the molecule is COc1ccc(C=NC(=C[C@H](C)N)C(N)=NC2CC(N=C(N)C(C)C)C2)c2ccc(C(F)(F)F)nc12. The first-order valence-corrected chi connectivity index (χ1v) is 11.6. The third-order valence-corrected chi connectivity index (χ3v) is 5.72. The van der Waals surface area contributed by atoms with Crippen LogP contribution in [0.3, 0.4) is 0 Å². The lowest BCUT2D eigenvalue weighted by atomic mass is 9.87. The summed E-state index contributed by atoms with van der Waals surface area (Å²) in [6.45, 7) is 5.76. The quantitative estimate of drug-likeness (QED) is 0.372. The molecule has 1 aliphatic rings. The fraction of sp³-hybridized carbons (Fsp3) is 0.440. The number of hydrogen-bond donors (Lipinski definition) is 3. The second kappa shape index (κ2) is 11.1. The Labute approximate surface area is 208 Å². The van der Waals surface area contributed by atoms with Crippen LogP contribution in [-0.4, -0.2) is 48.1 Å². The van der Waals surface area contributed by atoms with Gasteiger partial charge in [-0.2, -0.15) is 13.2 Å². The molecule has 0 saturated heterocycles. The molecule has 0 radical (unpaired) electrons. The number of halogens is 3. The van der Waals surface area contributed by atoms with Crippen LogP contribution in [0.15, 0.2) is 51.0 Å². The van der Waals surface area contributed by atoms with E-state index in [1.165, 1.54) is 19.4 Å². The van der Waals surface area contributed by atoms with Gasteiger partial charge in [0.05, 0.1) is 25.0 Å². The molecule has 1 atom stereocenters. The minimum Gasteiger partial charge on any atom is -0.494 e. The Morgan fingerprint density at radius 1 is 1.08 bits per heavy atom. The molecular weight excluding hydrogens is 471 g/mol. The molecule has 8 nitrogen and oxygen atoms in total. The number of hydrogen-bond acceptors (Lipinski definition) is 6. The Morgan fingerprint density at radius 2 is 1.75 bits per heavy atom. The van der Waals surface area contributed by atoms with Gasteiger partial charge in [0.2, 0.25) is 0 Å². The van der Waals surface area contributed by atoms with Gasteiger partial charge in [0.15, 0.2) is 0 Å². The summed E-state index contributed by atoms with van der Waals surface area (Å²) in [7, 11) is 1.37. The van der Waals surface area contributed by atoms with Crippen molar-refractivity contribution in [2.75, 3.05) is 7.11 Å². The summed E-state index contributed by atoms with van der Waals surface area (Å²) >= 11 is 0. The first-order chi connectivity index (χ1) is 16.9. The summed E-state index contributed by atoms with van der Waals surface area (Å²) in [6.07, 6.45) is 0.0730. The van der Waals surface area contributed by atoms with E-state index in [1.807, 2.05) is 13.8 Å². The van der Waals surface area contributed by atoms with Crippen molar-refractivity contribution in [3.8, 4) is 5.75 Å². The predicted octanol–water partition coefficient (Wildman–Crippen LogP) is 3.81. The number of ether oxygens (including phenoxy) is 1. The lowest BCUT2D eigenvalue weighted by molar-refractivity contribution is -0.140. The fourth-order valence-electron chi connectivity index (χ4n) is 3.62. The molecule has 2 aromatic rings. The number of alkyl halides is 3. The molecular formula is C25H32F3N7O. The molecule has 0 unspecified atom stereocenters. The van der Waals surface area contributed by atoms with Gasteiger partial charge in [-0.15, -0.1) is 0 Å². The van der Waals surface area contributed by atoms with Gasteiger partial charge in [0.1, 0.15) is 28.5 Å². The second-order valence-electron chi connectivity index (χ2n) is 9.12. The Kier molecular flexibility index (Phi) is 8.34. The van der Waals surface area contributed by atoms with Crippen molar-refractivity contribution in [1.82, 2.24) is 4.98 Å². The van der Waals surface area contributed by atoms with Crippen LogP contribution in [0, 0.1) is 5.92 Å². The van der Waals surface area contributed by atoms with Gasteiger partial charge in [0.25, 0.3) is 0 Å². The highest BCUT2D eigenvalue weighted by Crippen LogP contribution is 2.33. The highest BCUT2D eigenvalue weighted by Gasteiger charge is 2.33. The molecule has 36 heavy (non-hydrogen) atoms. The molecule has 1 saturated carbocycles. The van der Waals surface area contributed by atoms with Gasteiger partial charge in [-0.25, -0.2) is 4.98 Å². The molecule has 1 heterocycles. The van der Waals surface area contributed by atoms with Gasteiger partial charge in [-0.05, 0) is 50.1 Å². The maximum Gasteiger partial charge on any atom is 0.433 e. The number of aromatic nitrogens is 1. The highest BCUT2D eigenvalue weighted by molar-refractivity contribution is 6.04. The molecule has 3 rings (SSSR count). The second-order valence-corrected chi connectivity index (χ2v) is 9.12. The van der Waals surface area contributed by atoms with Crippen LogP contribution in [0.25, 0.3) is 10.9 Å². The van der Waals surface area contributed by atoms with Gasteiger partial charge < -0.3 is 21.9 Å². The molecule has 0 spiro atoms. The first-order valence-electron chi connectivity index (χ1n) is 11.6. The molecule has 1 aliphatic carbocycles. The van der Waals surface area contributed by atoms with Gasteiger partial charge in [-0.3, -0.25) is 15.0 Å². The highest BCUT2D eigenvalue weighted by atomic mass is 19.4. The zero-order valence-electron chi connectivity index (χ0n) is 20.8. The van der Waals surface area contributed by atoms with Crippen molar-refractivity contribution in [2.45, 2.75) is 57.9 Å². The van der Waals surface area contributed by atoms with Crippen molar-refractivity contribution in [3.63, 3.8) is 0 Å². The number of nitrogens with zero attached hydrogens (tertiary/aromatic N) is 4. The van der Waals surface area contributed by atoms with Crippen LogP contribution in [0.4, 0.5) is 13.2 Å². The monoisotopic (exact) mass is 503 g/mol. The van der Waals surface area contributed by atoms with E-state index >= 15 is 0 Å². The van der Waals surface area contributed by atoms with Crippen molar-refractivity contribution >= 4 is 28.8 Å². The minimum absolute atomic E-state index is 0.00259. The van der Waals surface area contributed by atoms with Crippen molar-refractivity contribution < 1.29 is 17.9 Å². The van der Waals surface area contributed by atoms with Crippen LogP contribution in [0.1, 0.15) is 44.9 Å². The zero-order chi connectivity index (χ0) is 26.6. The van der Waals surface area contributed by atoms with E-state index in [4.69, 9.17) is 21.9 Å². The Balaban J connectivity index is 1.88. The van der Waals surface area contributed by atoms with Crippen LogP contribution in [0.5, 0.6) is 5.75 Å². The molecule has 0 aliphatic heterocycles. The fourth-order valence-corrected chi connectivity index (χ4v) is 3.62. The van der Waals surface area contributed by atoms with E-state index in [1.54, 1.807) is 25.1 Å². The molecule has 1 aromatic heterocycles. The van der Waals surface area contributed by atoms with E-state index in [-0.39, 0.29) is 41.1 Å². The largest absolute Gasteiger partial charge is 0.494 e. The van der Waals surface area contributed by atoms with Crippen LogP contribution >= 0.6 is 0 Å². The summed E-state index contributed by atoms with van der Waals surface area (Å²) in [5, 5.41) is 0.448. The molecule has 0 bridgehead atoms. The minimum atomic E-state index is -4.58. The number of benzene rings is 1. The van der Waals surface area contributed by atoms with Crippen molar-refractivity contribution in [1.29, 1.82) is 0 Å². The van der Waals surface area contributed by atoms with Gasteiger partial charge in [-0.1, -0.05) is 13.8 Å². The molecule has 1 fully saturated rings. The van der Waals surface area contributed by atoms with Gasteiger partial charge >= 0.3 is 6.18 Å². The number of amidine groups is 2. The van der Waals surface area contributed by atoms with Crippen molar-refractivity contribution in [2.24, 2.45) is 38.1 Å². The van der Waals surface area contributed by atoms with E-state index in [2.05, 4.69) is 20.0 Å². The smallest absolute Gasteiger partial charge is 0.433 e. The first kappa shape index (κ1) is 27.1. The lowest BCUT2D eigenvalue weighted by Crippen LogP contribution is -2.35. The molecule has 11 heteroatoms. The summed E-state index contributed by atoms with van der Waals surface area (Å²) in [5.74, 6) is 1.27. The third kappa shape index (κ3) is 6.60. The maximum atomic E-state index is 13.2. The summed E-state index contributed by atoms with van der Waals surface area (Å²) in [4.78, 5) is 17.3. The van der Waals surface area contributed by atoms with E-state index in [0.29, 0.717) is 22.5 Å². The number of aliphatic imine (C=N–C) groups is 3. The van der Waals surface area contributed by atoms with Crippen LogP contribution < -0.4 is 21.9 Å². The van der Waals surface area contributed by atoms with Crippen LogP contribution in [-0.2, 0) is 6.18 Å². The average Bonchev–Trinajstić information content (AvgIpc) is 2.78. The number of rotatable bonds is 8. The summed E-state index contributed by atoms with van der Waals surface area (Å²) in [5.41, 5.74) is 18.1. The number of pyridine rings is 1. The Morgan fingerprint density at radius 3 is 2.33 bits per heavy atom. The zero-order valence-corrected chi connectivity index (χ0v) is 20.8. The number of methoxy groups -OCH3 is 1. The maximum absolute atomic E-state index is 13.2. The molecule has 0 amide bonds. The standard InChI is InChI=1S/C25H32F3N7O/c1-13(2)23(30)33-16-10-17(11-16)34-24(31)19(9-14(3)29)32-12-15-5-7-20(36-4)22-18(15)6-8-21(35-22)25(26,27)28/h5-9,12-14,16-17H,10-11,29H2,1-4H3,(H2,30,33)(H2,31,34)/t14-,16?,17?/m0/s1. The summed E-state index contributed by atoms with van der Waals surface area (Å²) < 4.78 is 44.8. The Hall–Kier alpha value is -3.47. The lowest BCUT2D eigenvalue weighted by Gasteiger charge is -2.30. The number of fused-ring (bicyclic) bond motifs is 1. The average molecular weight is 504 g/mol. The van der Waals surface area contributed by atoms with E-state index in [0.717, 1.165) is 18.9 Å². The molecule has 194 valence electrons. The topological polar surface area (TPSA) is 137 Å². The predicted molar refractivity (Wildman–Crippen MR) is 138 cm³/mol. The van der Waals surface area contributed by atoms with E-state index in [9.17, 15) is 13.2 Å². The van der Waals surface area contributed by atoms with E-state index < -0.39 is 11.9 Å². The normalized spacial score (nSPS) is 20.8.